The highest BCUT2D eigenvalue weighted by Crippen LogP contribution is 2.24. The molecule has 1 fully saturated rings. The molecule has 1 aliphatic rings. The molecule has 3 atom stereocenters. The van der Waals surface area contributed by atoms with Crippen molar-refractivity contribution in [3.05, 3.63) is 27.4 Å². The van der Waals surface area contributed by atoms with Crippen LogP contribution in [0.25, 0.3) is 0 Å². The Bertz CT molecular complexity index is 512. The molecule has 0 saturated heterocycles. The zero-order valence-corrected chi connectivity index (χ0v) is 12.6. The molecule has 0 aliphatic heterocycles. The van der Waals surface area contributed by atoms with Gasteiger partial charge in [-0.05, 0) is 39.5 Å². The summed E-state index contributed by atoms with van der Waals surface area (Å²) in [4.78, 5) is 19.1. The van der Waals surface area contributed by atoms with Crippen molar-refractivity contribution in [1.82, 2.24) is 15.3 Å². The van der Waals surface area contributed by atoms with Crippen LogP contribution in [0.2, 0.25) is 0 Å². The van der Waals surface area contributed by atoms with Crippen molar-refractivity contribution in [2.24, 2.45) is 5.92 Å². The quantitative estimate of drug-likeness (QED) is 0.782. The van der Waals surface area contributed by atoms with Crippen molar-refractivity contribution in [2.45, 2.75) is 58.6 Å². The molecule has 2 rings (SSSR count). The second-order valence-electron chi connectivity index (χ2n) is 5.89. The molecule has 1 aliphatic carbocycles. The molecule has 3 unspecified atom stereocenters. The van der Waals surface area contributed by atoms with Crippen LogP contribution in [0.3, 0.4) is 0 Å². The van der Waals surface area contributed by atoms with E-state index in [0.717, 1.165) is 31.5 Å². The number of hydrogen-bond acceptors (Lipinski definition) is 4. The van der Waals surface area contributed by atoms with Gasteiger partial charge in [0.25, 0.3) is 5.56 Å². The maximum atomic E-state index is 12.0. The number of aromatic amines is 1. The summed E-state index contributed by atoms with van der Waals surface area (Å²) in [5.41, 5.74) is 1.40. The van der Waals surface area contributed by atoms with Gasteiger partial charge in [0, 0.05) is 18.3 Å². The Morgan fingerprint density at radius 1 is 1.40 bits per heavy atom. The molecular formula is C15H25N3O2. The van der Waals surface area contributed by atoms with Gasteiger partial charge in [-0.15, -0.1) is 0 Å². The normalized spacial score (nSPS) is 24.6. The third-order valence-corrected chi connectivity index (χ3v) is 4.25. The molecule has 0 radical (unpaired) electrons. The van der Waals surface area contributed by atoms with Crippen molar-refractivity contribution in [1.29, 1.82) is 0 Å². The number of H-pyrrole nitrogens is 1. The SMILES string of the molecule is Cc1nc(C)c(C(C)NCC2CCCCC2O)c(=O)[nH]1. The first-order valence-corrected chi connectivity index (χ1v) is 7.48. The van der Waals surface area contributed by atoms with Crippen LogP contribution in [0, 0.1) is 19.8 Å². The van der Waals surface area contributed by atoms with Gasteiger partial charge in [0.1, 0.15) is 5.82 Å². The third kappa shape index (κ3) is 3.46. The van der Waals surface area contributed by atoms with Gasteiger partial charge in [-0.3, -0.25) is 4.79 Å². The van der Waals surface area contributed by atoms with Gasteiger partial charge in [0.2, 0.25) is 0 Å². The van der Waals surface area contributed by atoms with Gasteiger partial charge in [0.15, 0.2) is 0 Å². The summed E-state index contributed by atoms with van der Waals surface area (Å²) in [6, 6.07) is -0.0547. The molecule has 1 heterocycles. The monoisotopic (exact) mass is 279 g/mol. The predicted molar refractivity (Wildman–Crippen MR) is 78.7 cm³/mol. The van der Waals surface area contributed by atoms with Crippen molar-refractivity contribution in [2.75, 3.05) is 6.54 Å². The average molecular weight is 279 g/mol. The van der Waals surface area contributed by atoms with E-state index in [1.54, 1.807) is 6.92 Å². The molecule has 112 valence electrons. The van der Waals surface area contributed by atoms with Gasteiger partial charge >= 0.3 is 0 Å². The number of aliphatic hydroxyl groups excluding tert-OH is 1. The zero-order valence-electron chi connectivity index (χ0n) is 12.6. The summed E-state index contributed by atoms with van der Waals surface area (Å²) < 4.78 is 0. The van der Waals surface area contributed by atoms with E-state index in [-0.39, 0.29) is 17.7 Å². The fourth-order valence-corrected chi connectivity index (χ4v) is 3.10. The minimum Gasteiger partial charge on any atom is -0.393 e. The number of nitrogens with zero attached hydrogens (tertiary/aromatic N) is 1. The molecule has 5 nitrogen and oxygen atoms in total. The number of aryl methyl sites for hydroxylation is 2. The Morgan fingerprint density at radius 3 is 2.75 bits per heavy atom. The van der Waals surface area contributed by atoms with Gasteiger partial charge in [-0.1, -0.05) is 12.8 Å². The maximum Gasteiger partial charge on any atom is 0.255 e. The van der Waals surface area contributed by atoms with E-state index in [2.05, 4.69) is 15.3 Å². The van der Waals surface area contributed by atoms with E-state index in [1.165, 1.54) is 6.42 Å². The van der Waals surface area contributed by atoms with Crippen molar-refractivity contribution >= 4 is 0 Å². The van der Waals surface area contributed by atoms with Crippen LogP contribution in [-0.4, -0.2) is 27.7 Å². The summed E-state index contributed by atoms with van der Waals surface area (Å²) in [5.74, 6) is 0.940. The molecule has 1 aromatic heterocycles. The summed E-state index contributed by atoms with van der Waals surface area (Å²) in [6.07, 6.45) is 4.05. The van der Waals surface area contributed by atoms with E-state index in [9.17, 15) is 9.90 Å². The minimum absolute atomic E-state index is 0.0547. The van der Waals surface area contributed by atoms with Gasteiger partial charge in [-0.25, -0.2) is 4.98 Å². The van der Waals surface area contributed by atoms with E-state index in [0.29, 0.717) is 17.3 Å². The largest absolute Gasteiger partial charge is 0.393 e. The Kier molecular flexibility index (Phi) is 4.94. The fraction of sp³-hybridized carbons (Fsp3) is 0.733. The highest BCUT2D eigenvalue weighted by atomic mass is 16.3. The topological polar surface area (TPSA) is 78.0 Å². The highest BCUT2D eigenvalue weighted by Gasteiger charge is 2.24. The first-order chi connectivity index (χ1) is 9.49. The summed E-state index contributed by atoms with van der Waals surface area (Å²) in [6.45, 7) is 6.37. The first-order valence-electron chi connectivity index (χ1n) is 7.48. The zero-order chi connectivity index (χ0) is 14.7. The second kappa shape index (κ2) is 6.50. The Hall–Kier alpha value is -1.20. The molecule has 0 bridgehead atoms. The van der Waals surface area contributed by atoms with Crippen molar-refractivity contribution in [3.8, 4) is 0 Å². The molecule has 1 saturated carbocycles. The molecule has 1 aromatic rings. The van der Waals surface area contributed by atoms with Crippen LogP contribution in [-0.2, 0) is 0 Å². The van der Waals surface area contributed by atoms with Crippen LogP contribution >= 0.6 is 0 Å². The standard InChI is InChI=1S/C15H25N3O2/c1-9(14-10(2)17-11(3)18-15(14)20)16-8-12-6-4-5-7-13(12)19/h9,12-13,16,19H,4-8H2,1-3H3,(H,17,18,20). The second-order valence-corrected chi connectivity index (χ2v) is 5.89. The van der Waals surface area contributed by atoms with Crippen molar-refractivity contribution in [3.63, 3.8) is 0 Å². The number of hydrogen-bond donors (Lipinski definition) is 3. The van der Waals surface area contributed by atoms with Gasteiger partial charge in [-0.2, -0.15) is 0 Å². The van der Waals surface area contributed by atoms with Crippen LogP contribution in [0.15, 0.2) is 4.79 Å². The Labute approximate surface area is 119 Å². The molecule has 3 N–H and O–H groups in total. The van der Waals surface area contributed by atoms with Gasteiger partial charge < -0.3 is 15.4 Å². The summed E-state index contributed by atoms with van der Waals surface area (Å²) >= 11 is 0. The lowest BCUT2D eigenvalue weighted by atomic mass is 9.86. The number of rotatable bonds is 4. The molecule has 5 heteroatoms. The first kappa shape index (κ1) is 15.2. The molecule has 0 amide bonds. The Morgan fingerprint density at radius 2 is 2.10 bits per heavy atom. The van der Waals surface area contributed by atoms with E-state index < -0.39 is 0 Å². The summed E-state index contributed by atoms with van der Waals surface area (Å²) in [5, 5.41) is 13.4. The number of aromatic nitrogens is 2. The number of aliphatic hydroxyl groups is 1. The Balaban J connectivity index is 2.01. The fourth-order valence-electron chi connectivity index (χ4n) is 3.10. The van der Waals surface area contributed by atoms with Crippen LogP contribution in [0.4, 0.5) is 0 Å². The van der Waals surface area contributed by atoms with E-state index in [1.807, 2.05) is 13.8 Å². The van der Waals surface area contributed by atoms with Gasteiger partial charge in [0.05, 0.1) is 11.7 Å². The third-order valence-electron chi connectivity index (χ3n) is 4.25. The van der Waals surface area contributed by atoms with Crippen LogP contribution < -0.4 is 10.9 Å². The molecular weight excluding hydrogens is 254 g/mol. The average Bonchev–Trinajstić information content (AvgIpc) is 2.36. The molecule has 0 aromatic carbocycles. The summed E-state index contributed by atoms with van der Waals surface area (Å²) in [7, 11) is 0. The lowest BCUT2D eigenvalue weighted by Crippen LogP contribution is -2.36. The highest BCUT2D eigenvalue weighted by molar-refractivity contribution is 5.20. The lowest BCUT2D eigenvalue weighted by molar-refractivity contribution is 0.0683. The van der Waals surface area contributed by atoms with E-state index >= 15 is 0 Å². The number of nitrogens with one attached hydrogen (secondary N) is 2. The minimum atomic E-state index is -0.209. The van der Waals surface area contributed by atoms with E-state index in [4.69, 9.17) is 0 Å². The van der Waals surface area contributed by atoms with Crippen molar-refractivity contribution < 1.29 is 5.11 Å². The van der Waals surface area contributed by atoms with Crippen LogP contribution in [0.5, 0.6) is 0 Å². The lowest BCUT2D eigenvalue weighted by Gasteiger charge is -2.29. The smallest absolute Gasteiger partial charge is 0.255 e. The predicted octanol–water partition coefficient (Wildman–Crippen LogP) is 1.59. The maximum absolute atomic E-state index is 12.0. The molecule has 20 heavy (non-hydrogen) atoms. The molecule has 0 spiro atoms. The van der Waals surface area contributed by atoms with Crippen LogP contribution in [0.1, 0.15) is 55.7 Å².